The molecule has 2 aliphatic heterocycles. The third-order valence-electron chi connectivity index (χ3n) is 5.04. The first-order chi connectivity index (χ1) is 10.6. The maximum absolute atomic E-state index is 13.7. The molecule has 2 aliphatic rings. The predicted octanol–water partition coefficient (Wildman–Crippen LogP) is 2.90. The van der Waals surface area contributed by atoms with Crippen LogP contribution >= 0.6 is 24.8 Å². The number of amides is 1. The molecule has 1 aromatic heterocycles. The van der Waals surface area contributed by atoms with Gasteiger partial charge in [-0.3, -0.25) is 4.79 Å². The van der Waals surface area contributed by atoms with E-state index >= 15 is 0 Å². The molecule has 2 unspecified atom stereocenters. The fourth-order valence-corrected chi connectivity index (χ4v) is 3.88. The van der Waals surface area contributed by atoms with E-state index in [4.69, 9.17) is 0 Å². The normalized spacial score (nSPS) is 25.0. The summed E-state index contributed by atoms with van der Waals surface area (Å²) in [4.78, 5) is 21.6. The lowest BCUT2D eigenvalue weighted by Gasteiger charge is -2.35. The molecule has 1 aromatic carbocycles. The third-order valence-corrected chi connectivity index (χ3v) is 5.04. The Hall–Kier alpha value is -1.37. The summed E-state index contributed by atoms with van der Waals surface area (Å²) >= 11 is 0. The zero-order chi connectivity index (χ0) is 15.3. The summed E-state index contributed by atoms with van der Waals surface area (Å²) in [5, 5.41) is 3.57. The van der Waals surface area contributed by atoms with Gasteiger partial charge in [0.05, 0.1) is 17.4 Å². The van der Waals surface area contributed by atoms with Gasteiger partial charge in [-0.15, -0.1) is 24.8 Å². The predicted molar refractivity (Wildman–Crippen MR) is 95.6 cm³/mol. The Balaban J connectivity index is 0.00000104. The molecule has 132 valence electrons. The van der Waals surface area contributed by atoms with Crippen LogP contribution in [0.15, 0.2) is 18.5 Å². The molecule has 0 radical (unpaired) electrons. The molecular formula is C16H21Cl2FN4O. The lowest BCUT2D eigenvalue weighted by Crippen LogP contribution is -2.48. The van der Waals surface area contributed by atoms with Crippen molar-refractivity contribution >= 4 is 41.8 Å². The van der Waals surface area contributed by atoms with E-state index in [9.17, 15) is 9.18 Å². The lowest BCUT2D eigenvalue weighted by atomic mass is 9.97. The number of piperidine rings is 1. The monoisotopic (exact) mass is 374 g/mol. The van der Waals surface area contributed by atoms with Gasteiger partial charge >= 0.3 is 0 Å². The fourth-order valence-electron chi connectivity index (χ4n) is 3.88. The Morgan fingerprint density at radius 1 is 1.25 bits per heavy atom. The lowest BCUT2D eigenvalue weighted by molar-refractivity contribution is 0.0683. The summed E-state index contributed by atoms with van der Waals surface area (Å²) in [6, 6.07) is 3.89. The number of halogens is 3. The van der Waals surface area contributed by atoms with Crippen LogP contribution in [0.1, 0.15) is 36.0 Å². The molecule has 1 amide bonds. The molecule has 2 saturated heterocycles. The SMILES string of the molecule is CN(C(=O)c1cc(F)cc2[nH]cnc12)C1CC2CCC(C1)N2.Cl.Cl. The molecule has 0 spiro atoms. The number of benzene rings is 1. The first-order valence-electron chi connectivity index (χ1n) is 7.77. The van der Waals surface area contributed by atoms with Crippen LogP contribution in [0.5, 0.6) is 0 Å². The van der Waals surface area contributed by atoms with E-state index in [1.165, 1.54) is 31.3 Å². The van der Waals surface area contributed by atoms with Crippen LogP contribution < -0.4 is 5.32 Å². The molecule has 2 bridgehead atoms. The molecule has 0 saturated carbocycles. The highest BCUT2D eigenvalue weighted by Crippen LogP contribution is 2.30. The highest BCUT2D eigenvalue weighted by Gasteiger charge is 2.36. The fraction of sp³-hybridized carbons (Fsp3) is 0.500. The molecule has 2 N–H and O–H groups in total. The summed E-state index contributed by atoms with van der Waals surface area (Å²) in [5.41, 5.74) is 1.43. The number of carbonyl (C=O) groups is 1. The van der Waals surface area contributed by atoms with Crippen molar-refractivity contribution in [2.24, 2.45) is 0 Å². The Bertz CT molecular complexity index is 726. The van der Waals surface area contributed by atoms with Crippen molar-refractivity contribution in [1.29, 1.82) is 0 Å². The van der Waals surface area contributed by atoms with Gasteiger partial charge in [0.25, 0.3) is 5.91 Å². The van der Waals surface area contributed by atoms with E-state index in [0.717, 1.165) is 12.8 Å². The quantitative estimate of drug-likeness (QED) is 0.849. The minimum atomic E-state index is -0.418. The van der Waals surface area contributed by atoms with Crippen molar-refractivity contribution < 1.29 is 9.18 Å². The second-order valence-electron chi connectivity index (χ2n) is 6.43. The number of hydrogen-bond acceptors (Lipinski definition) is 3. The van der Waals surface area contributed by atoms with E-state index < -0.39 is 5.82 Å². The Labute approximate surface area is 152 Å². The van der Waals surface area contributed by atoms with E-state index in [-0.39, 0.29) is 36.8 Å². The minimum Gasteiger partial charge on any atom is -0.344 e. The summed E-state index contributed by atoms with van der Waals surface area (Å²) in [7, 11) is 1.82. The molecule has 5 nitrogen and oxygen atoms in total. The molecule has 2 fully saturated rings. The van der Waals surface area contributed by atoms with Crippen LogP contribution in [0.25, 0.3) is 11.0 Å². The standard InChI is InChI=1S/C16H19FN4O.2ClH/c1-21(12-6-10-2-3-11(7-12)20-10)16(22)13-4-9(17)5-14-15(13)19-8-18-14;;/h4-5,8,10-12,20H,2-3,6-7H2,1H3,(H,18,19);2*1H. The average molecular weight is 375 g/mol. The van der Waals surface area contributed by atoms with Gasteiger partial charge < -0.3 is 15.2 Å². The van der Waals surface area contributed by atoms with Crippen molar-refractivity contribution in [2.75, 3.05) is 7.05 Å². The van der Waals surface area contributed by atoms with Gasteiger partial charge in [-0.1, -0.05) is 0 Å². The van der Waals surface area contributed by atoms with Gasteiger partial charge in [-0.2, -0.15) is 0 Å². The number of nitrogens with zero attached hydrogens (tertiary/aromatic N) is 2. The smallest absolute Gasteiger partial charge is 0.256 e. The van der Waals surface area contributed by atoms with Gasteiger partial charge in [0.15, 0.2) is 0 Å². The molecule has 2 aromatic rings. The molecular weight excluding hydrogens is 354 g/mol. The van der Waals surface area contributed by atoms with Crippen molar-refractivity contribution in [2.45, 2.75) is 43.8 Å². The van der Waals surface area contributed by atoms with Gasteiger partial charge in [-0.25, -0.2) is 9.37 Å². The summed E-state index contributed by atoms with van der Waals surface area (Å²) in [5.74, 6) is -0.568. The number of rotatable bonds is 2. The molecule has 0 aliphatic carbocycles. The van der Waals surface area contributed by atoms with E-state index in [0.29, 0.717) is 28.7 Å². The summed E-state index contributed by atoms with van der Waals surface area (Å²) < 4.78 is 13.7. The van der Waals surface area contributed by atoms with Crippen molar-refractivity contribution in [3.8, 4) is 0 Å². The number of nitrogens with one attached hydrogen (secondary N) is 2. The van der Waals surface area contributed by atoms with Crippen molar-refractivity contribution in [3.05, 3.63) is 29.8 Å². The van der Waals surface area contributed by atoms with Crippen LogP contribution in [0, 0.1) is 5.82 Å². The first-order valence-corrected chi connectivity index (χ1v) is 7.77. The highest BCUT2D eigenvalue weighted by atomic mass is 35.5. The molecule has 24 heavy (non-hydrogen) atoms. The van der Waals surface area contributed by atoms with Crippen LogP contribution in [-0.4, -0.2) is 45.9 Å². The minimum absolute atomic E-state index is 0. The van der Waals surface area contributed by atoms with Gasteiger partial charge in [-0.05, 0) is 37.8 Å². The average Bonchev–Trinajstić information content (AvgIpc) is 3.10. The topological polar surface area (TPSA) is 61.0 Å². The largest absolute Gasteiger partial charge is 0.344 e. The van der Waals surface area contributed by atoms with Crippen LogP contribution in [0.3, 0.4) is 0 Å². The maximum atomic E-state index is 13.7. The molecule has 2 atom stereocenters. The van der Waals surface area contributed by atoms with E-state index in [1.54, 1.807) is 4.90 Å². The first kappa shape index (κ1) is 19.0. The number of hydrogen-bond donors (Lipinski definition) is 2. The Morgan fingerprint density at radius 2 is 1.92 bits per heavy atom. The number of H-pyrrole nitrogens is 1. The highest BCUT2D eigenvalue weighted by molar-refractivity contribution is 6.04. The number of aromatic amines is 1. The number of carbonyl (C=O) groups excluding carboxylic acids is 1. The Kier molecular flexibility index (Phi) is 5.73. The van der Waals surface area contributed by atoms with Gasteiger partial charge in [0.2, 0.25) is 0 Å². The molecule has 4 rings (SSSR count). The summed E-state index contributed by atoms with van der Waals surface area (Å²) in [6.45, 7) is 0. The zero-order valence-electron chi connectivity index (χ0n) is 13.3. The van der Waals surface area contributed by atoms with Gasteiger partial charge in [0.1, 0.15) is 11.3 Å². The van der Waals surface area contributed by atoms with E-state index in [2.05, 4.69) is 15.3 Å². The molecule has 3 heterocycles. The third kappa shape index (κ3) is 3.23. The Morgan fingerprint density at radius 3 is 2.58 bits per heavy atom. The van der Waals surface area contributed by atoms with Crippen LogP contribution in [0.4, 0.5) is 4.39 Å². The van der Waals surface area contributed by atoms with Crippen LogP contribution in [0.2, 0.25) is 0 Å². The second-order valence-corrected chi connectivity index (χ2v) is 6.43. The number of imidazole rings is 1. The zero-order valence-corrected chi connectivity index (χ0v) is 14.9. The van der Waals surface area contributed by atoms with Crippen molar-refractivity contribution in [3.63, 3.8) is 0 Å². The maximum Gasteiger partial charge on any atom is 0.256 e. The number of fused-ring (bicyclic) bond motifs is 3. The summed E-state index contributed by atoms with van der Waals surface area (Å²) in [6.07, 6.45) is 5.81. The van der Waals surface area contributed by atoms with Crippen LogP contribution in [-0.2, 0) is 0 Å². The van der Waals surface area contributed by atoms with Gasteiger partial charge in [0, 0.05) is 25.2 Å². The van der Waals surface area contributed by atoms with Crippen molar-refractivity contribution in [1.82, 2.24) is 20.2 Å². The molecule has 8 heteroatoms. The number of aromatic nitrogens is 2. The second kappa shape index (κ2) is 7.25. The van der Waals surface area contributed by atoms with E-state index in [1.807, 2.05) is 7.05 Å².